The summed E-state index contributed by atoms with van der Waals surface area (Å²) in [6, 6.07) is 0. The molecule has 5 nitrogen and oxygen atoms in total. The van der Waals surface area contributed by atoms with Crippen LogP contribution in [0, 0.1) is 0 Å². The molecule has 0 saturated carbocycles. The van der Waals surface area contributed by atoms with Crippen LogP contribution in [0.3, 0.4) is 0 Å². The summed E-state index contributed by atoms with van der Waals surface area (Å²) in [5, 5.41) is 0. The zero-order chi connectivity index (χ0) is 12.6. The van der Waals surface area contributed by atoms with Crippen LogP contribution in [-0.4, -0.2) is 43.3 Å². The minimum Gasteiger partial charge on any atom is -0.353 e. The normalized spacial score (nSPS) is 39.3. The Balaban J connectivity index is 2.02. The molecule has 0 amide bonds. The first-order chi connectivity index (χ1) is 7.93. The number of ketones is 1. The van der Waals surface area contributed by atoms with Crippen LogP contribution in [0.4, 0.5) is 0 Å². The highest BCUT2D eigenvalue weighted by molar-refractivity contribution is 5.75. The van der Waals surface area contributed by atoms with Crippen molar-refractivity contribution >= 4 is 5.78 Å². The molecule has 0 aromatic carbocycles. The Bertz CT molecular complexity index is 301. The van der Waals surface area contributed by atoms with Gasteiger partial charge in [0.25, 0.3) is 0 Å². The largest absolute Gasteiger partial charge is 0.353 e. The first-order valence-electron chi connectivity index (χ1n) is 5.96. The topological polar surface area (TPSA) is 54.0 Å². The highest BCUT2D eigenvalue weighted by atomic mass is 16.8. The number of rotatable bonds is 4. The average molecular weight is 244 g/mol. The van der Waals surface area contributed by atoms with E-state index >= 15 is 0 Å². The Morgan fingerprint density at radius 2 is 1.94 bits per heavy atom. The fraction of sp³-hybridized carbons (Fsp3) is 0.917. The molecule has 0 aromatic rings. The monoisotopic (exact) mass is 244 g/mol. The Hall–Kier alpha value is -0.490. The molecule has 2 heterocycles. The van der Waals surface area contributed by atoms with Gasteiger partial charge in [-0.2, -0.15) is 0 Å². The number of methoxy groups -OCH3 is 1. The van der Waals surface area contributed by atoms with Crippen molar-refractivity contribution in [3.63, 3.8) is 0 Å². The molecule has 0 aliphatic carbocycles. The van der Waals surface area contributed by atoms with Gasteiger partial charge < -0.3 is 23.7 Å². The molecule has 2 fully saturated rings. The van der Waals surface area contributed by atoms with Crippen molar-refractivity contribution in [2.24, 2.45) is 0 Å². The maximum absolute atomic E-state index is 11.0. The molecule has 0 aromatic heterocycles. The van der Waals surface area contributed by atoms with Crippen LogP contribution in [0.2, 0.25) is 0 Å². The van der Waals surface area contributed by atoms with E-state index in [1.54, 1.807) is 14.0 Å². The summed E-state index contributed by atoms with van der Waals surface area (Å²) >= 11 is 0. The van der Waals surface area contributed by atoms with E-state index in [9.17, 15) is 4.79 Å². The summed E-state index contributed by atoms with van der Waals surface area (Å²) in [6.07, 6.45) is 0.264. The van der Waals surface area contributed by atoms with Crippen molar-refractivity contribution in [3.8, 4) is 0 Å². The fourth-order valence-corrected chi connectivity index (χ4v) is 2.41. The molecule has 2 saturated heterocycles. The Kier molecular flexibility index (Phi) is 3.54. The number of Topliss-reactive ketones (excluding diaryl/α,β-unsaturated/α-hetero) is 1. The van der Waals surface area contributed by atoms with E-state index in [0.29, 0.717) is 12.8 Å². The number of carbonyl (C=O) groups is 1. The molecule has 2 aliphatic heterocycles. The van der Waals surface area contributed by atoms with Gasteiger partial charge in [0.1, 0.15) is 18.0 Å². The van der Waals surface area contributed by atoms with Crippen LogP contribution in [-0.2, 0) is 23.7 Å². The summed E-state index contributed by atoms with van der Waals surface area (Å²) in [5.74, 6) is -0.450. The molecule has 4 atom stereocenters. The van der Waals surface area contributed by atoms with Gasteiger partial charge >= 0.3 is 0 Å². The van der Waals surface area contributed by atoms with E-state index in [4.69, 9.17) is 18.9 Å². The van der Waals surface area contributed by atoms with Crippen molar-refractivity contribution in [2.45, 2.75) is 64.0 Å². The van der Waals surface area contributed by atoms with Crippen LogP contribution in [0.15, 0.2) is 0 Å². The van der Waals surface area contributed by atoms with Gasteiger partial charge in [-0.3, -0.25) is 0 Å². The van der Waals surface area contributed by atoms with Crippen molar-refractivity contribution in [1.29, 1.82) is 0 Å². The van der Waals surface area contributed by atoms with Gasteiger partial charge in [0.15, 0.2) is 12.1 Å². The molecular formula is C12H20O5. The smallest absolute Gasteiger partial charge is 0.186 e. The second-order valence-electron chi connectivity index (χ2n) is 5.08. The average Bonchev–Trinajstić information content (AvgIpc) is 2.68. The minimum absolute atomic E-state index is 0.129. The summed E-state index contributed by atoms with van der Waals surface area (Å²) in [5.41, 5.74) is 0. The maximum atomic E-state index is 11.0. The maximum Gasteiger partial charge on any atom is 0.186 e. The lowest BCUT2D eigenvalue weighted by Gasteiger charge is -2.23. The summed E-state index contributed by atoms with van der Waals surface area (Å²) in [6.45, 7) is 5.33. The first kappa shape index (κ1) is 13.0. The van der Waals surface area contributed by atoms with E-state index in [1.807, 2.05) is 13.8 Å². The molecule has 17 heavy (non-hydrogen) atoms. The Morgan fingerprint density at radius 3 is 2.53 bits per heavy atom. The third-order valence-corrected chi connectivity index (χ3v) is 3.12. The molecule has 5 heteroatoms. The SMILES string of the molecule is CO[C@@H]1O[C@H](CCC(C)=O)[C@H]2OC(C)(C)O[C@@H]12. The zero-order valence-corrected chi connectivity index (χ0v) is 10.8. The zero-order valence-electron chi connectivity index (χ0n) is 10.8. The third-order valence-electron chi connectivity index (χ3n) is 3.12. The molecule has 0 spiro atoms. The fourth-order valence-electron chi connectivity index (χ4n) is 2.41. The second kappa shape index (κ2) is 4.65. The van der Waals surface area contributed by atoms with Gasteiger partial charge in [0.2, 0.25) is 0 Å². The van der Waals surface area contributed by atoms with Crippen molar-refractivity contribution in [2.75, 3.05) is 7.11 Å². The number of hydrogen-bond acceptors (Lipinski definition) is 5. The Morgan fingerprint density at radius 1 is 1.29 bits per heavy atom. The summed E-state index contributed by atoms with van der Waals surface area (Å²) < 4.78 is 22.5. The lowest BCUT2D eigenvalue weighted by atomic mass is 10.1. The van der Waals surface area contributed by atoms with E-state index in [2.05, 4.69) is 0 Å². The first-order valence-corrected chi connectivity index (χ1v) is 5.96. The number of carbonyl (C=O) groups excluding carboxylic acids is 1. The van der Waals surface area contributed by atoms with Crippen molar-refractivity contribution in [1.82, 2.24) is 0 Å². The predicted octanol–water partition coefficient (Wildman–Crippen LogP) is 1.25. The number of hydrogen-bond donors (Lipinski definition) is 0. The van der Waals surface area contributed by atoms with E-state index in [1.165, 1.54) is 0 Å². The van der Waals surface area contributed by atoms with Gasteiger partial charge in [0, 0.05) is 13.5 Å². The third kappa shape index (κ3) is 2.68. The standard InChI is InChI=1S/C12H20O5/c1-7(13)5-6-8-9-10(11(14-4)15-8)17-12(2,3)16-9/h8-11H,5-6H2,1-4H3/t8-,9-,10-,11-/m1/s1. The number of fused-ring (bicyclic) bond motifs is 1. The van der Waals surface area contributed by atoms with Gasteiger partial charge in [0.05, 0.1) is 6.10 Å². The van der Waals surface area contributed by atoms with Gasteiger partial charge in [-0.25, -0.2) is 0 Å². The van der Waals surface area contributed by atoms with Crippen molar-refractivity contribution < 1.29 is 23.7 Å². The highest BCUT2D eigenvalue weighted by Crippen LogP contribution is 2.40. The van der Waals surface area contributed by atoms with Crippen LogP contribution < -0.4 is 0 Å². The molecule has 0 radical (unpaired) electrons. The molecule has 0 bridgehead atoms. The van der Waals surface area contributed by atoms with Crippen LogP contribution in [0.1, 0.15) is 33.6 Å². The summed E-state index contributed by atoms with van der Waals surface area (Å²) in [7, 11) is 1.59. The molecular weight excluding hydrogens is 224 g/mol. The van der Waals surface area contributed by atoms with E-state index < -0.39 is 12.1 Å². The van der Waals surface area contributed by atoms with Crippen LogP contribution in [0.25, 0.3) is 0 Å². The van der Waals surface area contributed by atoms with Crippen LogP contribution >= 0.6 is 0 Å². The van der Waals surface area contributed by atoms with E-state index in [0.717, 1.165) is 0 Å². The predicted molar refractivity (Wildman–Crippen MR) is 59.4 cm³/mol. The van der Waals surface area contributed by atoms with Gasteiger partial charge in [-0.1, -0.05) is 0 Å². The minimum atomic E-state index is -0.607. The Labute approximate surface area is 101 Å². The lowest BCUT2D eigenvalue weighted by Crippen LogP contribution is -2.30. The molecule has 2 rings (SSSR count). The van der Waals surface area contributed by atoms with E-state index in [-0.39, 0.29) is 24.1 Å². The van der Waals surface area contributed by atoms with Crippen LogP contribution in [0.5, 0.6) is 0 Å². The summed E-state index contributed by atoms with van der Waals surface area (Å²) in [4.78, 5) is 11.0. The molecule has 0 unspecified atom stereocenters. The highest BCUT2D eigenvalue weighted by Gasteiger charge is 2.55. The molecule has 98 valence electrons. The van der Waals surface area contributed by atoms with Gasteiger partial charge in [-0.05, 0) is 27.2 Å². The van der Waals surface area contributed by atoms with Gasteiger partial charge in [-0.15, -0.1) is 0 Å². The lowest BCUT2D eigenvalue weighted by molar-refractivity contribution is -0.227. The second-order valence-corrected chi connectivity index (χ2v) is 5.08. The molecule has 2 aliphatic rings. The number of ether oxygens (including phenoxy) is 4. The quantitative estimate of drug-likeness (QED) is 0.745. The van der Waals surface area contributed by atoms with Crippen molar-refractivity contribution in [3.05, 3.63) is 0 Å². The molecule has 0 N–H and O–H groups in total.